The monoisotopic (exact) mass is 512 g/mol. The number of carbonyl (C=O) groups excluding carboxylic acids is 2. The molecule has 1 aliphatic heterocycles. The predicted octanol–water partition coefficient (Wildman–Crippen LogP) is 2.57. The van der Waals surface area contributed by atoms with Crippen LogP contribution >= 0.6 is 0 Å². The van der Waals surface area contributed by atoms with Gasteiger partial charge in [0.15, 0.2) is 0 Å². The molecule has 2 atom stereocenters. The van der Waals surface area contributed by atoms with E-state index in [1.54, 1.807) is 0 Å². The number of rotatable bonds is 10. The molecule has 3 saturated carbocycles. The summed E-state index contributed by atoms with van der Waals surface area (Å²) in [5.41, 5.74) is 3.02. The molecule has 4 aliphatic rings. The molecule has 1 saturated heterocycles. The van der Waals surface area contributed by atoms with Crippen LogP contribution in [0.25, 0.3) is 0 Å². The quantitative estimate of drug-likeness (QED) is 0.414. The van der Waals surface area contributed by atoms with Crippen LogP contribution in [-0.4, -0.2) is 61.3 Å². The fourth-order valence-corrected chi connectivity index (χ4v) is 7.69. The van der Waals surface area contributed by atoms with Crippen molar-refractivity contribution in [1.29, 1.82) is 0 Å². The second-order valence-electron chi connectivity index (χ2n) is 11.2. The summed E-state index contributed by atoms with van der Waals surface area (Å²) in [5, 5.41) is 2.88. The van der Waals surface area contributed by atoms with Crippen LogP contribution in [0.2, 0.25) is 0 Å². The van der Waals surface area contributed by atoms with Gasteiger partial charge in [-0.05, 0) is 83.5 Å². The summed E-state index contributed by atoms with van der Waals surface area (Å²) < 4.78 is 27.7. The molecule has 0 radical (unpaired) electrons. The molecule has 2 unspecified atom stereocenters. The van der Waals surface area contributed by atoms with Crippen molar-refractivity contribution in [3.63, 3.8) is 0 Å². The lowest BCUT2D eigenvalue weighted by atomic mass is 9.84. The Labute approximate surface area is 210 Å². The largest absolute Gasteiger partial charge is 0.353 e. The van der Waals surface area contributed by atoms with E-state index < -0.39 is 10.0 Å². The number of hydroxylamine groups is 1. The lowest BCUT2D eigenvalue weighted by Crippen LogP contribution is -2.49. The first kappa shape index (κ1) is 26.8. The highest BCUT2D eigenvalue weighted by Gasteiger charge is 2.37. The fourth-order valence-electron chi connectivity index (χ4n) is 5.90. The van der Waals surface area contributed by atoms with Crippen LogP contribution in [0.1, 0.15) is 97.3 Å². The van der Waals surface area contributed by atoms with Gasteiger partial charge in [0.1, 0.15) is 6.17 Å². The van der Waals surface area contributed by atoms with Gasteiger partial charge in [-0.15, -0.1) is 0 Å². The molecule has 10 heteroatoms. The highest BCUT2D eigenvalue weighted by Crippen LogP contribution is 2.32. The van der Waals surface area contributed by atoms with E-state index in [0.717, 1.165) is 70.8 Å². The van der Waals surface area contributed by atoms with Gasteiger partial charge >= 0.3 is 0 Å². The summed E-state index contributed by atoms with van der Waals surface area (Å²) in [4.78, 5) is 33.3. The van der Waals surface area contributed by atoms with Gasteiger partial charge in [0.05, 0.1) is 11.4 Å². The van der Waals surface area contributed by atoms with Crippen molar-refractivity contribution in [2.24, 2.45) is 11.8 Å². The maximum absolute atomic E-state index is 13.2. The fraction of sp³-hybridized carbons (Fsp3) is 0.920. The molecular weight excluding hydrogens is 468 g/mol. The van der Waals surface area contributed by atoms with E-state index in [1.807, 2.05) is 11.8 Å². The molecule has 3 N–H and O–H groups in total. The maximum Gasteiger partial charge on any atom is 0.227 e. The molecule has 1 heterocycles. The van der Waals surface area contributed by atoms with Crippen LogP contribution in [0.3, 0.4) is 0 Å². The summed E-state index contributed by atoms with van der Waals surface area (Å²) in [6, 6.07) is 0.277. The second kappa shape index (κ2) is 11.9. The molecule has 2 amide bonds. The maximum atomic E-state index is 13.2. The number of hydrogen-bond donors (Lipinski definition) is 3. The topological polar surface area (TPSA) is 117 Å². The van der Waals surface area contributed by atoms with Gasteiger partial charge in [0, 0.05) is 37.4 Å². The Balaban J connectivity index is 1.16. The van der Waals surface area contributed by atoms with Crippen LogP contribution in [0.5, 0.6) is 0 Å². The Morgan fingerprint density at radius 2 is 1.63 bits per heavy atom. The first-order chi connectivity index (χ1) is 16.7. The minimum absolute atomic E-state index is 0.00823. The molecule has 0 aromatic heterocycles. The normalized spacial score (nSPS) is 33.9. The minimum atomic E-state index is -3.22. The van der Waals surface area contributed by atoms with Crippen molar-refractivity contribution >= 4 is 21.8 Å². The zero-order chi connectivity index (χ0) is 25.0. The number of sulfonamides is 1. The van der Waals surface area contributed by atoms with Crippen LogP contribution in [0.4, 0.5) is 0 Å². The Kier molecular flexibility index (Phi) is 9.10. The first-order valence-corrected chi connectivity index (χ1v) is 15.3. The standard InChI is InChI=1S/C25H44N4O5S/c1-3-14-29(23-15-17(2)34-27-23)25(31)19-6-8-20(9-7-19)26-24(30)16-18-4-12-22(13-5-18)35(32,33)28-21-10-11-21/h17-23,27-28H,3-16H2,1-2H3,(H,26,30). The van der Waals surface area contributed by atoms with E-state index in [9.17, 15) is 18.0 Å². The molecule has 9 nitrogen and oxygen atoms in total. The van der Waals surface area contributed by atoms with Gasteiger partial charge in [0.2, 0.25) is 21.8 Å². The van der Waals surface area contributed by atoms with E-state index >= 15 is 0 Å². The molecule has 35 heavy (non-hydrogen) atoms. The number of hydrogen-bond acceptors (Lipinski definition) is 6. The summed E-state index contributed by atoms with van der Waals surface area (Å²) in [5.74, 6) is 0.533. The molecule has 200 valence electrons. The Morgan fingerprint density at radius 1 is 0.971 bits per heavy atom. The highest BCUT2D eigenvalue weighted by molar-refractivity contribution is 7.90. The van der Waals surface area contributed by atoms with Crippen molar-refractivity contribution in [3.05, 3.63) is 0 Å². The molecule has 4 fully saturated rings. The van der Waals surface area contributed by atoms with Gasteiger partial charge in [-0.25, -0.2) is 13.1 Å². The number of carbonyl (C=O) groups is 2. The Bertz CT molecular complexity index is 833. The lowest BCUT2D eigenvalue weighted by Gasteiger charge is -2.35. The van der Waals surface area contributed by atoms with Crippen molar-refractivity contribution < 1.29 is 22.8 Å². The Hall–Kier alpha value is -1.23. The van der Waals surface area contributed by atoms with Crippen molar-refractivity contribution in [2.75, 3.05) is 6.54 Å². The molecule has 0 spiro atoms. The van der Waals surface area contributed by atoms with Crippen molar-refractivity contribution in [3.8, 4) is 0 Å². The lowest BCUT2D eigenvalue weighted by molar-refractivity contribution is -0.141. The molecule has 0 bridgehead atoms. The average Bonchev–Trinajstić information content (AvgIpc) is 3.53. The minimum Gasteiger partial charge on any atom is -0.353 e. The van der Waals surface area contributed by atoms with E-state index in [4.69, 9.17) is 4.84 Å². The zero-order valence-electron chi connectivity index (χ0n) is 21.3. The van der Waals surface area contributed by atoms with E-state index in [1.165, 1.54) is 0 Å². The van der Waals surface area contributed by atoms with Gasteiger partial charge in [-0.1, -0.05) is 6.92 Å². The summed E-state index contributed by atoms with van der Waals surface area (Å²) in [7, 11) is -3.22. The zero-order valence-corrected chi connectivity index (χ0v) is 22.2. The van der Waals surface area contributed by atoms with Crippen LogP contribution < -0.4 is 15.5 Å². The van der Waals surface area contributed by atoms with Gasteiger partial charge in [-0.3, -0.25) is 14.4 Å². The van der Waals surface area contributed by atoms with Crippen molar-refractivity contribution in [2.45, 2.75) is 127 Å². The van der Waals surface area contributed by atoms with Gasteiger partial charge in [-0.2, -0.15) is 5.48 Å². The third-order valence-corrected chi connectivity index (χ3v) is 10.2. The third kappa shape index (κ3) is 7.40. The third-order valence-electron chi connectivity index (χ3n) is 8.14. The van der Waals surface area contributed by atoms with E-state index in [-0.39, 0.29) is 53.3 Å². The first-order valence-electron chi connectivity index (χ1n) is 13.8. The number of amides is 2. The van der Waals surface area contributed by atoms with Crippen molar-refractivity contribution in [1.82, 2.24) is 20.4 Å². The van der Waals surface area contributed by atoms with E-state index in [2.05, 4.69) is 22.4 Å². The molecule has 3 aliphatic carbocycles. The molecule has 0 aromatic rings. The Morgan fingerprint density at radius 3 is 2.20 bits per heavy atom. The summed E-state index contributed by atoms with van der Waals surface area (Å²) in [6.45, 7) is 4.82. The SMILES string of the molecule is CCCN(C(=O)C1CCC(NC(=O)CC2CCC(S(=O)(=O)NC3CC3)CC2)CC1)C1CC(C)ON1. The molecular formula is C25H44N4O5S. The van der Waals surface area contributed by atoms with Gasteiger partial charge in [0.25, 0.3) is 0 Å². The van der Waals surface area contributed by atoms with Gasteiger partial charge < -0.3 is 10.2 Å². The number of nitrogens with zero attached hydrogens (tertiary/aromatic N) is 1. The second-order valence-corrected chi connectivity index (χ2v) is 13.2. The molecule has 0 aromatic carbocycles. The van der Waals surface area contributed by atoms with Crippen LogP contribution in [-0.2, 0) is 24.4 Å². The van der Waals surface area contributed by atoms with Crippen LogP contribution in [0.15, 0.2) is 0 Å². The summed E-state index contributed by atoms with van der Waals surface area (Å²) >= 11 is 0. The van der Waals surface area contributed by atoms with E-state index in [0.29, 0.717) is 19.3 Å². The highest BCUT2D eigenvalue weighted by atomic mass is 32.2. The predicted molar refractivity (Wildman–Crippen MR) is 133 cm³/mol. The smallest absolute Gasteiger partial charge is 0.227 e. The molecule has 4 rings (SSSR count). The van der Waals surface area contributed by atoms with Crippen LogP contribution in [0, 0.1) is 11.8 Å². The summed E-state index contributed by atoms with van der Waals surface area (Å²) in [6.07, 6.45) is 10.2. The number of nitrogens with one attached hydrogen (secondary N) is 3. The average molecular weight is 513 g/mol.